The van der Waals surface area contributed by atoms with Gasteiger partial charge in [0.25, 0.3) is 11.8 Å². The molecule has 0 unspecified atom stereocenters. The lowest BCUT2D eigenvalue weighted by atomic mass is 9.60. The largest absolute Gasteiger partial charge is 0.468 e. The predicted molar refractivity (Wildman–Crippen MR) is 117 cm³/mol. The van der Waals surface area contributed by atoms with Crippen LogP contribution in [0.4, 0.5) is 0 Å². The van der Waals surface area contributed by atoms with Gasteiger partial charge in [-0.15, -0.1) is 0 Å². The molecule has 3 atom stereocenters. The molecule has 2 aromatic rings. The topological polar surface area (TPSA) is 119 Å². The standard InChI is InChI=1S/C21H18Cl2N2O6S/c1-31-18(26)17-16(12-4-8-14(23)9-5-12)21(19(27)24-25-20(21)28)15(10-32(17,29)30)11-2-6-13(22)7-3-11/h2-9,15-17H,10H2,1H3,(H,24,27)(H,25,28)/t15-,16-,17+/m0/s1. The zero-order chi connectivity index (χ0) is 23.3. The van der Waals surface area contributed by atoms with Crippen LogP contribution in [0.5, 0.6) is 0 Å². The summed E-state index contributed by atoms with van der Waals surface area (Å²) in [6.07, 6.45) is 0. The molecule has 2 saturated heterocycles. The van der Waals surface area contributed by atoms with E-state index in [1.807, 2.05) is 0 Å². The van der Waals surface area contributed by atoms with Crippen LogP contribution in [0.2, 0.25) is 10.0 Å². The zero-order valence-corrected chi connectivity index (χ0v) is 19.0. The number of hydrogen-bond acceptors (Lipinski definition) is 6. The van der Waals surface area contributed by atoms with E-state index in [-0.39, 0.29) is 0 Å². The van der Waals surface area contributed by atoms with Gasteiger partial charge < -0.3 is 4.74 Å². The van der Waals surface area contributed by atoms with Crippen molar-refractivity contribution in [2.24, 2.45) is 5.41 Å². The van der Waals surface area contributed by atoms with Crippen molar-refractivity contribution < 1.29 is 27.5 Å². The van der Waals surface area contributed by atoms with Gasteiger partial charge in [0.05, 0.1) is 12.9 Å². The summed E-state index contributed by atoms with van der Waals surface area (Å²) in [7, 11) is -3.10. The van der Waals surface area contributed by atoms with E-state index in [0.29, 0.717) is 21.2 Å². The Bertz CT molecular complexity index is 1180. The van der Waals surface area contributed by atoms with Gasteiger partial charge in [-0.1, -0.05) is 47.5 Å². The molecule has 2 N–H and O–H groups in total. The molecule has 0 aromatic heterocycles. The Labute approximate surface area is 194 Å². The predicted octanol–water partition coefficient (Wildman–Crippen LogP) is 1.98. The number of halogens is 2. The Kier molecular flexibility index (Phi) is 5.68. The molecule has 0 aliphatic carbocycles. The highest BCUT2D eigenvalue weighted by atomic mass is 35.5. The molecule has 4 rings (SSSR count). The van der Waals surface area contributed by atoms with Crippen LogP contribution < -0.4 is 10.9 Å². The fourth-order valence-corrected chi connectivity index (χ4v) is 7.27. The normalized spacial score (nSPS) is 25.8. The molecule has 2 aliphatic rings. The van der Waals surface area contributed by atoms with Crippen molar-refractivity contribution in [1.82, 2.24) is 10.9 Å². The number of amides is 2. The molecular formula is C21H18Cl2N2O6S. The fourth-order valence-electron chi connectivity index (χ4n) is 4.71. The number of esters is 1. The third-order valence-electron chi connectivity index (χ3n) is 6.10. The van der Waals surface area contributed by atoms with Crippen molar-refractivity contribution in [1.29, 1.82) is 0 Å². The summed E-state index contributed by atoms with van der Waals surface area (Å²) >= 11 is 12.0. The van der Waals surface area contributed by atoms with E-state index >= 15 is 0 Å². The first-order chi connectivity index (χ1) is 15.1. The van der Waals surface area contributed by atoms with E-state index < -0.39 is 55.9 Å². The molecule has 11 heteroatoms. The summed E-state index contributed by atoms with van der Waals surface area (Å²) in [5, 5.41) is -0.999. The maximum Gasteiger partial charge on any atom is 0.324 e. The summed E-state index contributed by atoms with van der Waals surface area (Å²) in [5.41, 5.74) is 3.41. The van der Waals surface area contributed by atoms with Crippen LogP contribution in [-0.2, 0) is 29.0 Å². The average Bonchev–Trinajstić information content (AvgIpc) is 3.05. The van der Waals surface area contributed by atoms with Gasteiger partial charge >= 0.3 is 5.97 Å². The van der Waals surface area contributed by atoms with Crippen LogP contribution in [0.3, 0.4) is 0 Å². The van der Waals surface area contributed by atoms with Gasteiger partial charge in [-0.25, -0.2) is 8.42 Å². The first-order valence-corrected chi connectivity index (χ1v) is 12.0. The van der Waals surface area contributed by atoms with Gasteiger partial charge in [-0.3, -0.25) is 25.2 Å². The summed E-state index contributed by atoms with van der Waals surface area (Å²) in [5.74, 6) is -5.58. The number of rotatable bonds is 3. The van der Waals surface area contributed by atoms with Crippen LogP contribution in [0.25, 0.3) is 0 Å². The first-order valence-electron chi connectivity index (χ1n) is 9.54. The maximum absolute atomic E-state index is 13.4. The van der Waals surface area contributed by atoms with Gasteiger partial charge in [-0.2, -0.15) is 0 Å². The molecule has 0 saturated carbocycles. The smallest absolute Gasteiger partial charge is 0.324 e. The highest BCUT2D eigenvalue weighted by molar-refractivity contribution is 7.92. The van der Waals surface area contributed by atoms with E-state index in [0.717, 1.165) is 7.11 Å². The Hall–Kier alpha value is -2.62. The minimum absolute atomic E-state index is 0.291. The van der Waals surface area contributed by atoms with Crippen molar-refractivity contribution >= 4 is 50.8 Å². The number of carbonyl (C=O) groups is 3. The van der Waals surface area contributed by atoms with Crippen molar-refractivity contribution in [3.8, 4) is 0 Å². The molecule has 0 radical (unpaired) electrons. The Morgan fingerprint density at radius 1 is 0.938 bits per heavy atom. The third kappa shape index (κ3) is 3.35. The van der Waals surface area contributed by atoms with E-state index in [2.05, 4.69) is 10.9 Å². The van der Waals surface area contributed by atoms with Crippen LogP contribution in [0.15, 0.2) is 48.5 Å². The van der Waals surface area contributed by atoms with Gasteiger partial charge in [0, 0.05) is 21.9 Å². The third-order valence-corrected chi connectivity index (χ3v) is 8.65. The lowest BCUT2D eigenvalue weighted by Crippen LogP contribution is -2.60. The summed E-state index contributed by atoms with van der Waals surface area (Å²) in [4.78, 5) is 39.4. The van der Waals surface area contributed by atoms with Crippen molar-refractivity contribution in [2.75, 3.05) is 12.9 Å². The molecule has 2 heterocycles. The van der Waals surface area contributed by atoms with Crippen molar-refractivity contribution in [3.05, 3.63) is 69.7 Å². The van der Waals surface area contributed by atoms with Crippen LogP contribution >= 0.6 is 23.2 Å². The fraction of sp³-hybridized carbons (Fsp3) is 0.286. The minimum Gasteiger partial charge on any atom is -0.468 e. The van der Waals surface area contributed by atoms with Gasteiger partial charge in [0.1, 0.15) is 5.41 Å². The van der Waals surface area contributed by atoms with Gasteiger partial charge in [0.15, 0.2) is 15.1 Å². The van der Waals surface area contributed by atoms with Gasteiger partial charge in [-0.05, 0) is 35.4 Å². The number of methoxy groups -OCH3 is 1. The number of hydrogen-bond donors (Lipinski definition) is 2. The van der Waals surface area contributed by atoms with Crippen molar-refractivity contribution in [2.45, 2.75) is 17.1 Å². The average molecular weight is 497 g/mol. The van der Waals surface area contributed by atoms with E-state index in [4.69, 9.17) is 27.9 Å². The second-order valence-electron chi connectivity index (χ2n) is 7.68. The lowest BCUT2D eigenvalue weighted by Gasteiger charge is -2.46. The molecule has 2 aromatic carbocycles. The number of nitrogens with one attached hydrogen (secondary N) is 2. The van der Waals surface area contributed by atoms with E-state index in [1.54, 1.807) is 24.3 Å². The molecular weight excluding hydrogens is 479 g/mol. The molecule has 2 fully saturated rings. The highest BCUT2D eigenvalue weighted by Crippen LogP contribution is 2.56. The summed E-state index contributed by atoms with van der Waals surface area (Å²) in [6, 6.07) is 12.2. The van der Waals surface area contributed by atoms with Gasteiger partial charge in [0.2, 0.25) is 0 Å². The number of carbonyl (C=O) groups excluding carboxylic acids is 3. The number of sulfone groups is 1. The SMILES string of the molecule is COC(=O)[C@H]1[C@H](c2ccc(Cl)cc2)C2(C(=O)NNC2=O)[C@H](c2ccc(Cl)cc2)CS1(=O)=O. The number of hydrazine groups is 1. The lowest BCUT2D eigenvalue weighted by molar-refractivity contribution is -0.145. The monoisotopic (exact) mass is 496 g/mol. The Morgan fingerprint density at radius 3 is 1.88 bits per heavy atom. The first kappa shape index (κ1) is 22.6. The molecule has 2 aliphatic heterocycles. The second kappa shape index (κ2) is 8.06. The minimum atomic E-state index is -4.16. The van der Waals surface area contributed by atoms with Crippen molar-refractivity contribution in [3.63, 3.8) is 0 Å². The number of benzene rings is 2. The van der Waals surface area contributed by atoms with E-state index in [9.17, 15) is 22.8 Å². The van der Waals surface area contributed by atoms with Crippen LogP contribution in [0, 0.1) is 5.41 Å². The summed E-state index contributed by atoms with van der Waals surface area (Å²) < 4.78 is 31.6. The van der Waals surface area contributed by atoms with Crippen LogP contribution in [-0.4, -0.2) is 44.3 Å². The molecule has 32 heavy (non-hydrogen) atoms. The number of ether oxygens (including phenoxy) is 1. The molecule has 0 bridgehead atoms. The molecule has 8 nitrogen and oxygen atoms in total. The molecule has 2 amide bonds. The Morgan fingerprint density at radius 2 is 1.41 bits per heavy atom. The van der Waals surface area contributed by atoms with E-state index in [1.165, 1.54) is 24.3 Å². The summed E-state index contributed by atoms with van der Waals surface area (Å²) in [6.45, 7) is 0. The highest BCUT2D eigenvalue weighted by Gasteiger charge is 2.70. The molecule has 168 valence electrons. The zero-order valence-electron chi connectivity index (χ0n) is 16.7. The van der Waals surface area contributed by atoms with Crippen LogP contribution in [0.1, 0.15) is 23.0 Å². The second-order valence-corrected chi connectivity index (χ2v) is 10.7. The Balaban J connectivity index is 2.05. The maximum atomic E-state index is 13.4. The quantitative estimate of drug-likeness (QED) is 0.495. The molecule has 1 spiro atoms.